The largest absolute Gasteiger partial charge is 0.342 e. The van der Waals surface area contributed by atoms with E-state index in [1.54, 1.807) is 18.0 Å². The van der Waals surface area contributed by atoms with Gasteiger partial charge in [-0.15, -0.1) is 0 Å². The smallest absolute Gasteiger partial charge is 0.256 e. The summed E-state index contributed by atoms with van der Waals surface area (Å²) in [5.41, 5.74) is 6.72. The van der Waals surface area contributed by atoms with Gasteiger partial charge in [0, 0.05) is 25.2 Å². The van der Waals surface area contributed by atoms with Crippen molar-refractivity contribution in [2.45, 2.75) is 33.0 Å². The number of fused-ring (bicyclic) bond motifs is 1. The SMILES string of the molecule is CC(C)N(C)C(=O)Cn1c(=O)c(CN)cc2ccccc21. The highest BCUT2D eigenvalue weighted by atomic mass is 16.2. The Morgan fingerprint density at radius 1 is 1.33 bits per heavy atom. The number of aromatic nitrogens is 1. The zero-order chi connectivity index (χ0) is 15.6. The molecule has 0 spiro atoms. The third-order valence-corrected chi connectivity index (χ3v) is 3.76. The normalized spacial score (nSPS) is 11.1. The summed E-state index contributed by atoms with van der Waals surface area (Å²) in [6.07, 6.45) is 0. The van der Waals surface area contributed by atoms with E-state index in [0.717, 1.165) is 10.9 Å². The molecule has 0 radical (unpaired) electrons. The third-order valence-electron chi connectivity index (χ3n) is 3.76. The zero-order valence-corrected chi connectivity index (χ0v) is 12.7. The second-order valence-corrected chi connectivity index (χ2v) is 5.42. The topological polar surface area (TPSA) is 68.3 Å². The Hall–Kier alpha value is -2.14. The molecule has 112 valence electrons. The van der Waals surface area contributed by atoms with Crippen LogP contribution in [0, 0.1) is 0 Å². The molecule has 0 aliphatic carbocycles. The van der Waals surface area contributed by atoms with Gasteiger partial charge in [-0.25, -0.2) is 0 Å². The number of rotatable bonds is 4. The molecule has 1 aromatic heterocycles. The molecular formula is C16H21N3O2. The van der Waals surface area contributed by atoms with Crippen molar-refractivity contribution < 1.29 is 4.79 Å². The molecule has 0 unspecified atom stereocenters. The number of carbonyl (C=O) groups is 1. The number of para-hydroxylation sites is 1. The summed E-state index contributed by atoms with van der Waals surface area (Å²) in [7, 11) is 1.74. The van der Waals surface area contributed by atoms with E-state index in [9.17, 15) is 9.59 Å². The van der Waals surface area contributed by atoms with Crippen LogP contribution >= 0.6 is 0 Å². The summed E-state index contributed by atoms with van der Waals surface area (Å²) in [6, 6.07) is 9.42. The van der Waals surface area contributed by atoms with Crippen LogP contribution < -0.4 is 11.3 Å². The lowest BCUT2D eigenvalue weighted by Gasteiger charge is -2.22. The van der Waals surface area contributed by atoms with Gasteiger partial charge in [0.15, 0.2) is 0 Å². The summed E-state index contributed by atoms with van der Waals surface area (Å²) in [6.45, 7) is 4.07. The van der Waals surface area contributed by atoms with Crippen LogP contribution in [0.3, 0.4) is 0 Å². The van der Waals surface area contributed by atoms with Crippen LogP contribution in [0.2, 0.25) is 0 Å². The van der Waals surface area contributed by atoms with E-state index in [4.69, 9.17) is 5.73 Å². The Balaban J connectivity index is 2.54. The summed E-state index contributed by atoms with van der Waals surface area (Å²) >= 11 is 0. The fraction of sp³-hybridized carbons (Fsp3) is 0.375. The number of nitrogens with zero attached hydrogens (tertiary/aromatic N) is 2. The molecule has 2 rings (SSSR count). The maximum Gasteiger partial charge on any atom is 0.256 e. The highest BCUT2D eigenvalue weighted by Crippen LogP contribution is 2.13. The first kappa shape index (κ1) is 15.3. The molecule has 5 nitrogen and oxygen atoms in total. The first-order valence-corrected chi connectivity index (χ1v) is 7.03. The zero-order valence-electron chi connectivity index (χ0n) is 12.7. The van der Waals surface area contributed by atoms with Crippen molar-refractivity contribution in [3.05, 3.63) is 46.2 Å². The van der Waals surface area contributed by atoms with Crippen LogP contribution in [0.1, 0.15) is 19.4 Å². The monoisotopic (exact) mass is 287 g/mol. The number of amides is 1. The van der Waals surface area contributed by atoms with Crippen LogP contribution in [-0.4, -0.2) is 28.5 Å². The molecule has 1 amide bonds. The summed E-state index contributed by atoms with van der Waals surface area (Å²) in [4.78, 5) is 26.4. The predicted molar refractivity (Wildman–Crippen MR) is 84.0 cm³/mol. The van der Waals surface area contributed by atoms with Crippen LogP contribution in [0.15, 0.2) is 35.1 Å². The second kappa shape index (κ2) is 6.10. The quantitative estimate of drug-likeness (QED) is 0.922. The van der Waals surface area contributed by atoms with Crippen molar-refractivity contribution in [3.63, 3.8) is 0 Å². The summed E-state index contributed by atoms with van der Waals surface area (Å²) in [5, 5.41) is 0.914. The highest BCUT2D eigenvalue weighted by Gasteiger charge is 2.16. The molecule has 0 aliphatic rings. The van der Waals surface area contributed by atoms with Crippen molar-refractivity contribution in [1.82, 2.24) is 9.47 Å². The van der Waals surface area contributed by atoms with Gasteiger partial charge in [0.25, 0.3) is 5.56 Å². The van der Waals surface area contributed by atoms with E-state index in [2.05, 4.69) is 0 Å². The van der Waals surface area contributed by atoms with E-state index < -0.39 is 0 Å². The van der Waals surface area contributed by atoms with Gasteiger partial charge in [-0.1, -0.05) is 18.2 Å². The standard InChI is InChI=1S/C16H21N3O2/c1-11(2)18(3)15(20)10-19-14-7-5-4-6-12(14)8-13(9-17)16(19)21/h4-8,11H,9-10,17H2,1-3H3. The van der Waals surface area contributed by atoms with Crippen molar-refractivity contribution in [3.8, 4) is 0 Å². The van der Waals surface area contributed by atoms with E-state index in [1.807, 2.05) is 38.1 Å². The molecule has 0 saturated heterocycles. The molecule has 0 saturated carbocycles. The van der Waals surface area contributed by atoms with Gasteiger partial charge < -0.3 is 10.6 Å². The van der Waals surface area contributed by atoms with Crippen molar-refractivity contribution in [1.29, 1.82) is 0 Å². The lowest BCUT2D eigenvalue weighted by Crippen LogP contribution is -2.38. The number of pyridine rings is 1. The van der Waals surface area contributed by atoms with Gasteiger partial charge in [-0.3, -0.25) is 14.2 Å². The number of carbonyl (C=O) groups excluding carboxylic acids is 1. The fourth-order valence-electron chi connectivity index (χ4n) is 2.23. The Labute approximate surface area is 124 Å². The Morgan fingerprint density at radius 2 is 2.00 bits per heavy atom. The molecule has 0 bridgehead atoms. The second-order valence-electron chi connectivity index (χ2n) is 5.42. The lowest BCUT2D eigenvalue weighted by atomic mass is 10.1. The van der Waals surface area contributed by atoms with E-state index in [0.29, 0.717) is 5.56 Å². The van der Waals surface area contributed by atoms with Gasteiger partial charge in [-0.2, -0.15) is 0 Å². The minimum absolute atomic E-state index is 0.0296. The van der Waals surface area contributed by atoms with E-state index >= 15 is 0 Å². The van der Waals surface area contributed by atoms with Gasteiger partial charge in [0.1, 0.15) is 6.54 Å². The summed E-state index contributed by atoms with van der Waals surface area (Å²) < 4.78 is 1.51. The molecule has 0 aliphatic heterocycles. The van der Waals surface area contributed by atoms with Crippen LogP contribution in [0.4, 0.5) is 0 Å². The van der Waals surface area contributed by atoms with Crippen molar-refractivity contribution in [2.24, 2.45) is 5.73 Å². The average molecular weight is 287 g/mol. The molecule has 1 heterocycles. The molecule has 0 fully saturated rings. The van der Waals surface area contributed by atoms with Gasteiger partial charge in [-0.05, 0) is 31.4 Å². The molecule has 0 atom stereocenters. The average Bonchev–Trinajstić information content (AvgIpc) is 2.48. The Morgan fingerprint density at radius 3 is 2.62 bits per heavy atom. The minimum atomic E-state index is -0.193. The number of hydrogen-bond acceptors (Lipinski definition) is 3. The number of hydrogen-bond donors (Lipinski definition) is 1. The molecule has 1 aromatic carbocycles. The van der Waals surface area contributed by atoms with Gasteiger partial charge in [0.05, 0.1) is 5.52 Å². The third kappa shape index (κ3) is 2.97. The van der Waals surface area contributed by atoms with Gasteiger partial charge in [0.2, 0.25) is 5.91 Å². The number of nitrogens with two attached hydrogens (primary N) is 1. The molecule has 5 heteroatoms. The van der Waals surface area contributed by atoms with Crippen LogP contribution in [0.5, 0.6) is 0 Å². The van der Waals surface area contributed by atoms with E-state index in [1.165, 1.54) is 4.57 Å². The van der Waals surface area contributed by atoms with Crippen molar-refractivity contribution >= 4 is 16.8 Å². The molecular weight excluding hydrogens is 266 g/mol. The van der Waals surface area contributed by atoms with E-state index in [-0.39, 0.29) is 30.6 Å². The Bertz CT molecular complexity index is 719. The number of benzene rings is 1. The first-order chi connectivity index (χ1) is 9.95. The maximum atomic E-state index is 12.5. The number of likely N-dealkylation sites (N-methyl/N-ethyl adjacent to an activating group) is 1. The highest BCUT2D eigenvalue weighted by molar-refractivity contribution is 5.82. The summed E-state index contributed by atoms with van der Waals surface area (Å²) in [5.74, 6) is -0.0913. The molecule has 21 heavy (non-hydrogen) atoms. The van der Waals surface area contributed by atoms with Gasteiger partial charge >= 0.3 is 0 Å². The predicted octanol–water partition coefficient (Wildman–Crippen LogP) is 1.33. The van der Waals surface area contributed by atoms with Crippen LogP contribution in [0.25, 0.3) is 10.9 Å². The minimum Gasteiger partial charge on any atom is -0.342 e. The lowest BCUT2D eigenvalue weighted by molar-refractivity contribution is -0.131. The molecule has 2 aromatic rings. The first-order valence-electron chi connectivity index (χ1n) is 7.03. The van der Waals surface area contributed by atoms with Crippen molar-refractivity contribution in [2.75, 3.05) is 7.05 Å². The Kier molecular flexibility index (Phi) is 4.43. The molecule has 2 N–H and O–H groups in total. The maximum absolute atomic E-state index is 12.5. The fourth-order valence-corrected chi connectivity index (χ4v) is 2.23. The van der Waals surface area contributed by atoms with Crippen LogP contribution in [-0.2, 0) is 17.9 Å².